The van der Waals surface area contributed by atoms with Crippen LogP contribution in [-0.2, 0) is 11.3 Å². The average Bonchev–Trinajstić information content (AvgIpc) is 3.11. The molecular weight excluding hydrogens is 320 g/mol. The van der Waals surface area contributed by atoms with Crippen LogP contribution >= 0.6 is 15.9 Å². The lowest BCUT2D eigenvalue weighted by Crippen LogP contribution is -2.22. The van der Waals surface area contributed by atoms with Crippen molar-refractivity contribution in [3.8, 4) is 5.69 Å². The summed E-state index contributed by atoms with van der Waals surface area (Å²) >= 11 is 3.52. The van der Waals surface area contributed by atoms with Crippen molar-refractivity contribution in [2.75, 3.05) is 19.8 Å². The Hall–Kier alpha value is -1.24. The standard InChI is InChI=1S/C14H17BrN4O/c15-13-3-1-2-4-14(13)19-9-12(17-18-19)8-16-7-11-5-6-20-10-11/h1-4,9,11,16H,5-8,10H2/t11-/m1/s1. The molecule has 0 spiro atoms. The number of aromatic nitrogens is 3. The van der Waals surface area contributed by atoms with Crippen molar-refractivity contribution >= 4 is 15.9 Å². The number of rotatable bonds is 5. The molecule has 6 heteroatoms. The van der Waals surface area contributed by atoms with Crippen LogP contribution in [0.4, 0.5) is 0 Å². The van der Waals surface area contributed by atoms with Crippen LogP contribution in [0.1, 0.15) is 12.1 Å². The third kappa shape index (κ3) is 3.26. The first kappa shape index (κ1) is 13.7. The van der Waals surface area contributed by atoms with Gasteiger partial charge in [0.2, 0.25) is 0 Å². The molecule has 20 heavy (non-hydrogen) atoms. The summed E-state index contributed by atoms with van der Waals surface area (Å²) in [6, 6.07) is 7.97. The number of halogens is 1. The third-order valence-electron chi connectivity index (χ3n) is 3.40. The molecule has 2 aromatic rings. The molecule has 0 amide bonds. The number of benzene rings is 1. The number of para-hydroxylation sites is 1. The molecule has 3 rings (SSSR count). The van der Waals surface area contributed by atoms with Crippen LogP contribution in [0, 0.1) is 5.92 Å². The van der Waals surface area contributed by atoms with E-state index in [2.05, 4.69) is 31.6 Å². The molecule has 1 saturated heterocycles. The second kappa shape index (κ2) is 6.47. The Morgan fingerprint density at radius 2 is 2.30 bits per heavy atom. The van der Waals surface area contributed by atoms with Gasteiger partial charge in [-0.25, -0.2) is 4.68 Å². The van der Waals surface area contributed by atoms with Gasteiger partial charge in [-0.1, -0.05) is 17.3 Å². The Balaban J connectivity index is 1.58. The van der Waals surface area contributed by atoms with Gasteiger partial charge in [-0.3, -0.25) is 0 Å². The Bertz CT molecular complexity index is 566. The van der Waals surface area contributed by atoms with E-state index in [1.54, 1.807) is 4.68 Å². The number of hydrogen-bond donors (Lipinski definition) is 1. The molecule has 0 saturated carbocycles. The molecule has 0 radical (unpaired) electrons. The zero-order chi connectivity index (χ0) is 13.8. The van der Waals surface area contributed by atoms with Crippen LogP contribution in [-0.4, -0.2) is 34.8 Å². The Morgan fingerprint density at radius 1 is 1.40 bits per heavy atom. The molecule has 1 aliphatic heterocycles. The summed E-state index contributed by atoms with van der Waals surface area (Å²) < 4.78 is 8.16. The Morgan fingerprint density at radius 3 is 3.10 bits per heavy atom. The van der Waals surface area contributed by atoms with Crippen molar-refractivity contribution in [3.63, 3.8) is 0 Å². The van der Waals surface area contributed by atoms with E-state index in [1.807, 2.05) is 30.5 Å². The smallest absolute Gasteiger partial charge is 0.0969 e. The molecule has 0 unspecified atom stereocenters. The van der Waals surface area contributed by atoms with Gasteiger partial charge in [0, 0.05) is 24.2 Å². The first-order valence-electron chi connectivity index (χ1n) is 6.77. The molecular formula is C14H17BrN4O. The minimum atomic E-state index is 0.633. The molecule has 2 heterocycles. The van der Waals surface area contributed by atoms with Crippen LogP contribution in [0.25, 0.3) is 5.69 Å². The fourth-order valence-electron chi connectivity index (χ4n) is 2.28. The first-order valence-corrected chi connectivity index (χ1v) is 7.57. The fraction of sp³-hybridized carbons (Fsp3) is 0.429. The molecule has 1 fully saturated rings. The lowest BCUT2D eigenvalue weighted by atomic mass is 10.1. The van der Waals surface area contributed by atoms with Gasteiger partial charge in [0.15, 0.2) is 0 Å². The number of hydrogen-bond acceptors (Lipinski definition) is 4. The molecule has 1 aromatic heterocycles. The van der Waals surface area contributed by atoms with E-state index >= 15 is 0 Å². The minimum absolute atomic E-state index is 0.633. The lowest BCUT2D eigenvalue weighted by molar-refractivity contribution is 0.185. The van der Waals surface area contributed by atoms with Gasteiger partial charge in [-0.2, -0.15) is 0 Å². The summed E-state index contributed by atoms with van der Waals surface area (Å²) in [5, 5.41) is 11.8. The van der Waals surface area contributed by atoms with Gasteiger partial charge in [0.25, 0.3) is 0 Å². The SMILES string of the molecule is Brc1ccccc1-n1cc(CNC[C@H]2CCOC2)nn1. The van der Waals surface area contributed by atoms with E-state index in [1.165, 1.54) is 0 Å². The van der Waals surface area contributed by atoms with E-state index in [-0.39, 0.29) is 0 Å². The van der Waals surface area contributed by atoms with Gasteiger partial charge >= 0.3 is 0 Å². The van der Waals surface area contributed by atoms with E-state index in [0.717, 1.165) is 48.6 Å². The van der Waals surface area contributed by atoms with Crippen LogP contribution in [0.2, 0.25) is 0 Å². The normalized spacial score (nSPS) is 18.6. The van der Waals surface area contributed by atoms with E-state index in [9.17, 15) is 0 Å². The quantitative estimate of drug-likeness (QED) is 0.908. The van der Waals surface area contributed by atoms with Crippen molar-refractivity contribution in [3.05, 3.63) is 40.6 Å². The van der Waals surface area contributed by atoms with E-state index in [4.69, 9.17) is 4.74 Å². The van der Waals surface area contributed by atoms with Gasteiger partial charge in [0.1, 0.15) is 0 Å². The van der Waals surface area contributed by atoms with Crippen LogP contribution in [0.5, 0.6) is 0 Å². The topological polar surface area (TPSA) is 52.0 Å². The Kier molecular flexibility index (Phi) is 4.44. The number of nitrogens with one attached hydrogen (secondary N) is 1. The summed E-state index contributed by atoms with van der Waals surface area (Å²) in [6.45, 7) is 3.48. The van der Waals surface area contributed by atoms with E-state index in [0.29, 0.717) is 5.92 Å². The average molecular weight is 337 g/mol. The summed E-state index contributed by atoms with van der Waals surface area (Å²) in [4.78, 5) is 0. The summed E-state index contributed by atoms with van der Waals surface area (Å²) in [5.74, 6) is 0.633. The first-order chi connectivity index (χ1) is 9.83. The molecule has 1 aromatic carbocycles. The summed E-state index contributed by atoms with van der Waals surface area (Å²) in [7, 11) is 0. The lowest BCUT2D eigenvalue weighted by Gasteiger charge is -2.07. The second-order valence-corrected chi connectivity index (χ2v) is 5.82. The predicted octanol–water partition coefficient (Wildman–Crippen LogP) is 2.16. The van der Waals surface area contributed by atoms with Gasteiger partial charge in [-0.05, 0) is 40.4 Å². The highest BCUT2D eigenvalue weighted by atomic mass is 79.9. The van der Waals surface area contributed by atoms with Gasteiger partial charge in [0.05, 0.1) is 24.2 Å². The molecule has 106 valence electrons. The van der Waals surface area contributed by atoms with Crippen LogP contribution in [0.15, 0.2) is 34.9 Å². The highest BCUT2D eigenvalue weighted by Crippen LogP contribution is 2.19. The summed E-state index contributed by atoms with van der Waals surface area (Å²) in [6.07, 6.45) is 3.11. The second-order valence-electron chi connectivity index (χ2n) is 4.97. The zero-order valence-electron chi connectivity index (χ0n) is 11.1. The third-order valence-corrected chi connectivity index (χ3v) is 4.07. The molecule has 1 N–H and O–H groups in total. The van der Waals surface area contributed by atoms with Crippen LogP contribution < -0.4 is 5.32 Å². The maximum atomic E-state index is 5.36. The van der Waals surface area contributed by atoms with Gasteiger partial charge < -0.3 is 10.1 Å². The highest BCUT2D eigenvalue weighted by Gasteiger charge is 2.15. The maximum absolute atomic E-state index is 5.36. The fourth-order valence-corrected chi connectivity index (χ4v) is 2.75. The van der Waals surface area contributed by atoms with Crippen molar-refractivity contribution in [2.24, 2.45) is 5.92 Å². The van der Waals surface area contributed by atoms with E-state index < -0.39 is 0 Å². The maximum Gasteiger partial charge on any atom is 0.0969 e. The van der Waals surface area contributed by atoms with Crippen molar-refractivity contribution < 1.29 is 4.74 Å². The summed E-state index contributed by atoms with van der Waals surface area (Å²) in [5.41, 5.74) is 1.94. The molecule has 1 aliphatic rings. The minimum Gasteiger partial charge on any atom is -0.381 e. The number of nitrogens with zero attached hydrogens (tertiary/aromatic N) is 3. The predicted molar refractivity (Wildman–Crippen MR) is 79.7 cm³/mol. The van der Waals surface area contributed by atoms with Crippen molar-refractivity contribution in [1.29, 1.82) is 0 Å². The van der Waals surface area contributed by atoms with Crippen molar-refractivity contribution in [2.45, 2.75) is 13.0 Å². The molecule has 0 bridgehead atoms. The largest absolute Gasteiger partial charge is 0.381 e. The monoisotopic (exact) mass is 336 g/mol. The highest BCUT2D eigenvalue weighted by molar-refractivity contribution is 9.10. The van der Waals surface area contributed by atoms with Crippen LogP contribution in [0.3, 0.4) is 0 Å². The molecule has 0 aliphatic carbocycles. The zero-order valence-corrected chi connectivity index (χ0v) is 12.7. The number of ether oxygens (including phenoxy) is 1. The van der Waals surface area contributed by atoms with Crippen molar-refractivity contribution in [1.82, 2.24) is 20.3 Å². The molecule has 1 atom stereocenters. The van der Waals surface area contributed by atoms with Gasteiger partial charge in [-0.15, -0.1) is 5.10 Å². The molecule has 5 nitrogen and oxygen atoms in total. The Labute approximate surface area is 126 Å².